The largest absolute Gasteiger partial charge is 0.508 e. The Labute approximate surface area is 162 Å². The van der Waals surface area contributed by atoms with Gasteiger partial charge in [-0.2, -0.15) is 0 Å². The van der Waals surface area contributed by atoms with Gasteiger partial charge in [-0.25, -0.2) is 0 Å². The molecule has 0 aliphatic rings. The van der Waals surface area contributed by atoms with E-state index in [0.717, 1.165) is 6.42 Å². The smallest absolute Gasteiger partial charge is 0.115 e. The number of unbranched alkanes of at least 4 members (excludes halogenated alkanes) is 15. The van der Waals surface area contributed by atoms with Gasteiger partial charge in [-0.3, -0.25) is 0 Å². The van der Waals surface area contributed by atoms with Gasteiger partial charge in [0.15, 0.2) is 0 Å². The molecule has 0 bridgehead atoms. The fraction of sp³-hybridized carbons (Fsp3) is 0.750. The summed E-state index contributed by atoms with van der Waals surface area (Å²) in [6.45, 7) is 2.29. The van der Waals surface area contributed by atoms with Gasteiger partial charge >= 0.3 is 0 Å². The van der Waals surface area contributed by atoms with Crippen LogP contribution in [0, 0.1) is 0 Å². The maximum atomic E-state index is 9.27. The van der Waals surface area contributed by atoms with Crippen molar-refractivity contribution >= 4 is 0 Å². The Kier molecular flexibility index (Phi) is 18.0. The molecule has 152 valence electrons. The van der Waals surface area contributed by atoms with E-state index in [1.807, 2.05) is 12.1 Å². The van der Waals surface area contributed by atoms with Crippen LogP contribution in [0.5, 0.6) is 5.75 Å². The van der Waals surface area contributed by atoms with Crippen LogP contribution >= 0.6 is 0 Å². The van der Waals surface area contributed by atoms with E-state index in [0.29, 0.717) is 5.75 Å². The van der Waals surface area contributed by atoms with Gasteiger partial charge in [0.05, 0.1) is 0 Å². The van der Waals surface area contributed by atoms with Gasteiger partial charge in [-0.1, -0.05) is 115 Å². The minimum absolute atomic E-state index is 0. The Morgan fingerprint density at radius 1 is 0.538 bits per heavy atom. The number of hydrogen-bond donors (Lipinski definition) is 1. The molecule has 26 heavy (non-hydrogen) atoms. The molecule has 0 aliphatic heterocycles. The second kappa shape index (κ2) is 18.8. The summed E-state index contributed by atoms with van der Waals surface area (Å²) in [4.78, 5) is 0. The molecule has 0 aliphatic carbocycles. The molecule has 1 aromatic carbocycles. The van der Waals surface area contributed by atoms with Crippen LogP contribution in [0.15, 0.2) is 24.3 Å². The molecular weight excluding hydrogens is 320 g/mol. The quantitative estimate of drug-likeness (QED) is 0.288. The van der Waals surface area contributed by atoms with Gasteiger partial charge in [-0.15, -0.1) is 0 Å². The summed E-state index contributed by atoms with van der Waals surface area (Å²) in [7, 11) is 0. The van der Waals surface area contributed by atoms with Gasteiger partial charge in [0.25, 0.3) is 0 Å². The van der Waals surface area contributed by atoms with Crippen molar-refractivity contribution in [2.75, 3.05) is 0 Å². The second-order valence-corrected chi connectivity index (χ2v) is 7.72. The fourth-order valence-electron chi connectivity index (χ4n) is 3.54. The predicted octanol–water partition coefficient (Wildman–Crippen LogP) is 7.37. The van der Waals surface area contributed by atoms with Crippen molar-refractivity contribution in [3.63, 3.8) is 0 Å². The van der Waals surface area contributed by atoms with Gasteiger partial charge in [0.2, 0.25) is 0 Å². The summed E-state index contributed by atoms with van der Waals surface area (Å²) in [5.74, 6) is 0.371. The maximum absolute atomic E-state index is 9.27. The molecule has 0 saturated heterocycles. The SMILES string of the molecule is CCCCCCCCCCCCCCCCCCc1ccc(O)cc1.O. The van der Waals surface area contributed by atoms with E-state index in [-0.39, 0.29) is 5.48 Å². The van der Waals surface area contributed by atoms with Gasteiger partial charge in [-0.05, 0) is 30.5 Å². The van der Waals surface area contributed by atoms with Crippen LogP contribution in [0.4, 0.5) is 0 Å². The Hall–Kier alpha value is -1.02. The van der Waals surface area contributed by atoms with Crippen LogP contribution in [0.25, 0.3) is 0 Å². The second-order valence-electron chi connectivity index (χ2n) is 7.72. The van der Waals surface area contributed by atoms with Crippen molar-refractivity contribution in [3.8, 4) is 5.75 Å². The van der Waals surface area contributed by atoms with Crippen LogP contribution in [0.3, 0.4) is 0 Å². The molecule has 0 fully saturated rings. The van der Waals surface area contributed by atoms with Gasteiger partial charge < -0.3 is 10.6 Å². The Morgan fingerprint density at radius 3 is 1.27 bits per heavy atom. The summed E-state index contributed by atoms with van der Waals surface area (Å²) in [5, 5.41) is 9.27. The van der Waals surface area contributed by atoms with E-state index < -0.39 is 0 Å². The van der Waals surface area contributed by atoms with Gasteiger partial charge in [0.1, 0.15) is 5.75 Å². The molecule has 0 saturated carbocycles. The highest BCUT2D eigenvalue weighted by Gasteiger charge is 1.96. The van der Waals surface area contributed by atoms with Crippen LogP contribution in [0.1, 0.15) is 115 Å². The number of rotatable bonds is 17. The number of hydrogen-bond acceptors (Lipinski definition) is 1. The van der Waals surface area contributed by atoms with Crippen molar-refractivity contribution in [2.45, 2.75) is 116 Å². The van der Waals surface area contributed by atoms with E-state index in [4.69, 9.17) is 0 Å². The first-order valence-electron chi connectivity index (χ1n) is 11.1. The van der Waals surface area contributed by atoms with E-state index in [2.05, 4.69) is 6.92 Å². The summed E-state index contributed by atoms with van der Waals surface area (Å²) in [6, 6.07) is 7.67. The van der Waals surface area contributed by atoms with E-state index in [1.54, 1.807) is 12.1 Å². The third-order valence-electron chi connectivity index (χ3n) is 5.26. The summed E-state index contributed by atoms with van der Waals surface area (Å²) >= 11 is 0. The summed E-state index contributed by atoms with van der Waals surface area (Å²) in [6.07, 6.45) is 23.9. The van der Waals surface area contributed by atoms with Crippen LogP contribution in [0.2, 0.25) is 0 Å². The maximum Gasteiger partial charge on any atom is 0.115 e. The number of aromatic hydroxyl groups is 1. The average Bonchev–Trinajstić information content (AvgIpc) is 2.63. The lowest BCUT2D eigenvalue weighted by Crippen LogP contribution is -1.86. The molecule has 0 atom stereocenters. The van der Waals surface area contributed by atoms with Crippen LogP contribution < -0.4 is 0 Å². The van der Waals surface area contributed by atoms with Crippen molar-refractivity contribution in [1.82, 2.24) is 0 Å². The molecule has 1 rings (SSSR count). The third-order valence-corrected chi connectivity index (χ3v) is 5.26. The lowest BCUT2D eigenvalue weighted by Gasteiger charge is -2.04. The Bertz CT molecular complexity index is 386. The molecule has 1 aromatic rings. The van der Waals surface area contributed by atoms with Gasteiger partial charge in [0, 0.05) is 0 Å². The van der Waals surface area contributed by atoms with E-state index >= 15 is 0 Å². The number of benzene rings is 1. The number of aryl methyl sites for hydroxylation is 1. The zero-order valence-electron chi connectivity index (χ0n) is 17.3. The first-order chi connectivity index (χ1) is 12.3. The lowest BCUT2D eigenvalue weighted by molar-refractivity contribution is 0.475. The third kappa shape index (κ3) is 15.3. The first-order valence-corrected chi connectivity index (χ1v) is 11.1. The van der Waals surface area contributed by atoms with E-state index in [9.17, 15) is 5.11 Å². The lowest BCUT2D eigenvalue weighted by atomic mass is 10.0. The molecule has 3 N–H and O–H groups in total. The fourth-order valence-corrected chi connectivity index (χ4v) is 3.54. The van der Waals surface area contributed by atoms with Crippen molar-refractivity contribution < 1.29 is 10.6 Å². The molecule has 2 nitrogen and oxygen atoms in total. The Balaban J connectivity index is 0.00000625. The van der Waals surface area contributed by atoms with Crippen LogP contribution in [-0.4, -0.2) is 10.6 Å². The number of phenols is 1. The molecule has 0 heterocycles. The molecule has 0 unspecified atom stereocenters. The predicted molar refractivity (Wildman–Crippen MR) is 115 cm³/mol. The Morgan fingerprint density at radius 2 is 0.885 bits per heavy atom. The van der Waals surface area contributed by atoms with Crippen LogP contribution in [-0.2, 0) is 6.42 Å². The van der Waals surface area contributed by atoms with Crippen molar-refractivity contribution in [2.24, 2.45) is 0 Å². The molecular formula is C24H44O2. The van der Waals surface area contributed by atoms with E-state index in [1.165, 1.54) is 108 Å². The first kappa shape index (κ1) is 25.0. The topological polar surface area (TPSA) is 51.7 Å². The molecule has 0 spiro atoms. The highest BCUT2D eigenvalue weighted by molar-refractivity contribution is 5.25. The average molecular weight is 365 g/mol. The number of phenolic OH excluding ortho intramolecular Hbond substituents is 1. The normalized spacial score (nSPS) is 10.7. The monoisotopic (exact) mass is 364 g/mol. The minimum atomic E-state index is 0. The molecule has 0 aromatic heterocycles. The zero-order valence-corrected chi connectivity index (χ0v) is 17.3. The zero-order chi connectivity index (χ0) is 18.0. The summed E-state index contributed by atoms with van der Waals surface area (Å²) < 4.78 is 0. The van der Waals surface area contributed by atoms with Crippen molar-refractivity contribution in [3.05, 3.63) is 29.8 Å². The molecule has 0 amide bonds. The molecule has 0 radical (unpaired) electrons. The highest BCUT2D eigenvalue weighted by Crippen LogP contribution is 2.15. The minimum Gasteiger partial charge on any atom is -0.508 e. The highest BCUT2D eigenvalue weighted by atomic mass is 16.3. The van der Waals surface area contributed by atoms with Crippen molar-refractivity contribution in [1.29, 1.82) is 0 Å². The summed E-state index contributed by atoms with van der Waals surface area (Å²) in [5.41, 5.74) is 1.35. The molecule has 2 heteroatoms. The standard InChI is InChI=1S/C24H42O.H2O/c1-2-3-4-5-6-7-8-9-10-11-12-13-14-15-16-17-18-23-19-21-24(25)22-20-23;/h19-22,25H,2-18H2,1H3;1H2.